The van der Waals surface area contributed by atoms with Crippen LogP contribution in [0.3, 0.4) is 0 Å². The number of Topliss-reactive ketones (excluding diaryl/α,β-unsaturated/α-hetero) is 1. The molecule has 2 aromatic carbocycles. The summed E-state index contributed by atoms with van der Waals surface area (Å²) in [5.74, 6) is -0.970. The minimum Gasteiger partial charge on any atom is -0.461 e. The summed E-state index contributed by atoms with van der Waals surface area (Å²) in [6.45, 7) is 2.17. The number of benzene rings is 2. The average Bonchev–Trinajstić information content (AvgIpc) is 3.03. The van der Waals surface area contributed by atoms with Gasteiger partial charge in [0.2, 0.25) is 0 Å². The van der Waals surface area contributed by atoms with Gasteiger partial charge >= 0.3 is 11.9 Å². The molecule has 1 saturated carbocycles. The number of aryl methyl sites for hydroxylation is 1. The number of fused-ring (bicyclic) bond motifs is 1. The maximum atomic E-state index is 13.2. The van der Waals surface area contributed by atoms with Gasteiger partial charge in [-0.05, 0) is 36.0 Å². The van der Waals surface area contributed by atoms with Crippen molar-refractivity contribution in [3.63, 3.8) is 0 Å². The van der Waals surface area contributed by atoms with Crippen molar-refractivity contribution in [2.24, 2.45) is 5.41 Å². The first-order valence-corrected chi connectivity index (χ1v) is 9.96. The Hall–Kier alpha value is -2.95. The fourth-order valence-corrected chi connectivity index (χ4v) is 4.61. The van der Waals surface area contributed by atoms with Gasteiger partial charge in [0.05, 0.1) is 18.3 Å². The molecule has 3 unspecified atom stereocenters. The normalized spacial score (nSPS) is 26.0. The van der Waals surface area contributed by atoms with E-state index in [0.29, 0.717) is 12.8 Å². The van der Waals surface area contributed by atoms with Gasteiger partial charge in [-0.2, -0.15) is 0 Å². The summed E-state index contributed by atoms with van der Waals surface area (Å²) in [6.07, 6.45) is 0.121. The highest BCUT2D eigenvalue weighted by Gasteiger charge is 2.58. The molecule has 5 heteroatoms. The zero-order valence-electron chi connectivity index (χ0n) is 16.4. The van der Waals surface area contributed by atoms with Crippen LogP contribution in [0.2, 0.25) is 0 Å². The van der Waals surface area contributed by atoms with Crippen molar-refractivity contribution < 1.29 is 23.9 Å². The molecule has 0 spiro atoms. The third-order valence-electron chi connectivity index (χ3n) is 6.17. The van der Waals surface area contributed by atoms with E-state index in [1.165, 1.54) is 0 Å². The Morgan fingerprint density at radius 2 is 1.83 bits per heavy atom. The van der Waals surface area contributed by atoms with Crippen LogP contribution in [0.1, 0.15) is 48.3 Å². The van der Waals surface area contributed by atoms with Gasteiger partial charge < -0.3 is 9.47 Å². The second-order valence-corrected chi connectivity index (χ2v) is 8.05. The Balaban J connectivity index is 1.49. The van der Waals surface area contributed by atoms with Crippen LogP contribution in [0.15, 0.2) is 54.6 Å². The van der Waals surface area contributed by atoms with Crippen molar-refractivity contribution in [3.8, 4) is 0 Å². The maximum absolute atomic E-state index is 13.2. The average molecular weight is 392 g/mol. The monoisotopic (exact) mass is 392 g/mol. The smallest absolute Gasteiger partial charge is 0.307 e. The molecule has 0 amide bonds. The minimum absolute atomic E-state index is 0.00642. The Kier molecular flexibility index (Phi) is 5.22. The lowest BCUT2D eigenvalue weighted by Crippen LogP contribution is -2.46. The highest BCUT2D eigenvalue weighted by atomic mass is 16.6. The van der Waals surface area contributed by atoms with Crippen LogP contribution in [0.4, 0.5) is 0 Å². The van der Waals surface area contributed by atoms with E-state index in [1.807, 2.05) is 61.5 Å². The highest BCUT2D eigenvalue weighted by molar-refractivity contribution is 5.96. The van der Waals surface area contributed by atoms with Crippen LogP contribution in [-0.2, 0) is 30.5 Å². The fourth-order valence-electron chi connectivity index (χ4n) is 4.61. The molecule has 4 rings (SSSR count). The molecule has 0 radical (unpaired) electrons. The predicted octanol–water partition coefficient (Wildman–Crippen LogP) is 3.88. The second kappa shape index (κ2) is 7.82. The van der Waals surface area contributed by atoms with Crippen molar-refractivity contribution in [2.45, 2.75) is 51.2 Å². The molecule has 1 saturated heterocycles. The summed E-state index contributed by atoms with van der Waals surface area (Å²) in [6, 6.07) is 17.3. The van der Waals surface area contributed by atoms with E-state index in [1.54, 1.807) is 0 Å². The molecular formula is C24H24O5. The van der Waals surface area contributed by atoms with Crippen molar-refractivity contribution in [1.82, 2.24) is 0 Å². The van der Waals surface area contributed by atoms with Crippen LogP contribution >= 0.6 is 0 Å². The number of carbonyl (C=O) groups is 3. The molecule has 5 nitrogen and oxygen atoms in total. The number of hydrogen-bond acceptors (Lipinski definition) is 5. The second-order valence-electron chi connectivity index (χ2n) is 8.05. The van der Waals surface area contributed by atoms with Gasteiger partial charge in [0, 0.05) is 6.42 Å². The Labute approximate surface area is 170 Å². The van der Waals surface area contributed by atoms with Gasteiger partial charge in [0.25, 0.3) is 0 Å². The van der Waals surface area contributed by atoms with Crippen molar-refractivity contribution in [2.75, 3.05) is 0 Å². The van der Waals surface area contributed by atoms with E-state index in [-0.39, 0.29) is 31.1 Å². The van der Waals surface area contributed by atoms with Gasteiger partial charge in [-0.1, -0.05) is 54.6 Å². The summed E-state index contributed by atoms with van der Waals surface area (Å²) >= 11 is 0. The summed E-state index contributed by atoms with van der Waals surface area (Å²) in [4.78, 5) is 37.9. The number of hydrogen-bond donors (Lipinski definition) is 0. The maximum Gasteiger partial charge on any atom is 0.307 e. The van der Waals surface area contributed by atoms with Gasteiger partial charge in [0.15, 0.2) is 0 Å². The van der Waals surface area contributed by atoms with Gasteiger partial charge in [-0.25, -0.2) is 0 Å². The van der Waals surface area contributed by atoms with Gasteiger partial charge in [-0.3, -0.25) is 14.4 Å². The number of rotatable bonds is 5. The molecule has 2 aliphatic rings. The third-order valence-corrected chi connectivity index (χ3v) is 6.17. The van der Waals surface area contributed by atoms with E-state index in [9.17, 15) is 14.4 Å². The van der Waals surface area contributed by atoms with Gasteiger partial charge in [0.1, 0.15) is 18.5 Å². The molecule has 0 aromatic heterocycles. The zero-order valence-corrected chi connectivity index (χ0v) is 16.4. The van der Waals surface area contributed by atoms with E-state index in [0.717, 1.165) is 16.7 Å². The SMILES string of the molecule is Cc1ccccc1C1CC(=O)C2(CC(=O)OCc3ccccc3)CC(=O)OC2C1. The Bertz CT molecular complexity index is 935. The van der Waals surface area contributed by atoms with Gasteiger partial charge in [-0.15, -0.1) is 0 Å². The molecule has 2 fully saturated rings. The molecule has 1 aliphatic carbocycles. The number of ketones is 1. The molecular weight excluding hydrogens is 368 g/mol. The number of carbonyl (C=O) groups excluding carboxylic acids is 3. The van der Waals surface area contributed by atoms with Crippen LogP contribution in [-0.4, -0.2) is 23.8 Å². The molecule has 150 valence electrons. The van der Waals surface area contributed by atoms with Crippen LogP contribution < -0.4 is 0 Å². The molecule has 1 aliphatic heterocycles. The van der Waals surface area contributed by atoms with Crippen LogP contribution in [0.25, 0.3) is 0 Å². The zero-order chi connectivity index (χ0) is 20.4. The van der Waals surface area contributed by atoms with Crippen LogP contribution in [0, 0.1) is 12.3 Å². The quantitative estimate of drug-likeness (QED) is 0.723. The van der Waals surface area contributed by atoms with Crippen molar-refractivity contribution in [1.29, 1.82) is 0 Å². The Morgan fingerprint density at radius 1 is 1.10 bits per heavy atom. The number of esters is 2. The van der Waals surface area contributed by atoms with E-state index in [4.69, 9.17) is 9.47 Å². The molecule has 0 bridgehead atoms. The summed E-state index contributed by atoms with van der Waals surface area (Å²) in [5, 5.41) is 0. The predicted molar refractivity (Wildman–Crippen MR) is 106 cm³/mol. The lowest BCUT2D eigenvalue weighted by molar-refractivity contribution is -0.156. The summed E-state index contributed by atoms with van der Waals surface area (Å²) in [5.41, 5.74) is 2.00. The summed E-state index contributed by atoms with van der Waals surface area (Å²) < 4.78 is 10.9. The molecule has 0 N–H and O–H groups in total. The lowest BCUT2D eigenvalue weighted by Gasteiger charge is -2.38. The molecule has 1 heterocycles. The molecule has 29 heavy (non-hydrogen) atoms. The minimum atomic E-state index is -1.09. The fraction of sp³-hybridized carbons (Fsp3) is 0.375. The third kappa shape index (κ3) is 3.82. The number of ether oxygens (including phenoxy) is 2. The van der Waals surface area contributed by atoms with E-state index >= 15 is 0 Å². The summed E-state index contributed by atoms with van der Waals surface area (Å²) in [7, 11) is 0. The van der Waals surface area contributed by atoms with Crippen molar-refractivity contribution >= 4 is 17.7 Å². The van der Waals surface area contributed by atoms with E-state index in [2.05, 4.69) is 0 Å². The van der Waals surface area contributed by atoms with E-state index < -0.39 is 23.5 Å². The topological polar surface area (TPSA) is 69.7 Å². The van der Waals surface area contributed by atoms with Crippen molar-refractivity contribution in [3.05, 3.63) is 71.3 Å². The molecule has 2 aromatic rings. The van der Waals surface area contributed by atoms with Crippen LogP contribution in [0.5, 0.6) is 0 Å². The standard InChI is InChI=1S/C24H24O5/c1-16-7-5-6-10-19(16)18-11-20(25)24(14-23(27)29-21(24)12-18)13-22(26)28-15-17-8-3-2-4-9-17/h2-10,18,21H,11-15H2,1H3. The molecule has 3 atom stereocenters. The first-order chi connectivity index (χ1) is 14.0. The first kappa shape index (κ1) is 19.4. The highest BCUT2D eigenvalue weighted by Crippen LogP contribution is 2.50. The first-order valence-electron chi connectivity index (χ1n) is 9.96. The lowest BCUT2D eigenvalue weighted by atomic mass is 9.64. The largest absolute Gasteiger partial charge is 0.461 e. The Morgan fingerprint density at radius 3 is 2.59 bits per heavy atom.